The van der Waals surface area contributed by atoms with E-state index in [9.17, 15) is 9.90 Å². The van der Waals surface area contributed by atoms with Gasteiger partial charge in [-0.3, -0.25) is 0 Å². The summed E-state index contributed by atoms with van der Waals surface area (Å²) >= 11 is 0. The van der Waals surface area contributed by atoms with Gasteiger partial charge >= 0.3 is 5.97 Å². The summed E-state index contributed by atoms with van der Waals surface area (Å²) in [7, 11) is 0. The zero-order chi connectivity index (χ0) is 14.6. The Morgan fingerprint density at radius 1 is 1.45 bits per heavy atom. The van der Waals surface area contributed by atoms with Gasteiger partial charge in [-0.15, -0.1) is 0 Å². The lowest BCUT2D eigenvalue weighted by Crippen LogP contribution is -2.40. The molecule has 1 aromatic rings. The van der Waals surface area contributed by atoms with Crippen molar-refractivity contribution >= 4 is 5.97 Å². The summed E-state index contributed by atoms with van der Waals surface area (Å²) in [6.07, 6.45) is 2.67. The number of rotatable bonds is 6. The van der Waals surface area contributed by atoms with Crippen molar-refractivity contribution in [2.75, 3.05) is 13.2 Å². The smallest absolute Gasteiger partial charge is 0.336 e. The number of carboxylic acid groups (broad SMARTS) is 1. The third-order valence-electron chi connectivity index (χ3n) is 3.79. The number of ether oxygens (including phenoxy) is 2. The van der Waals surface area contributed by atoms with Crippen LogP contribution in [0.2, 0.25) is 0 Å². The summed E-state index contributed by atoms with van der Waals surface area (Å²) < 4.78 is 11.1. The van der Waals surface area contributed by atoms with Crippen LogP contribution in [0.4, 0.5) is 0 Å². The standard InChI is InChI=1S/C16H22O4/c1-3-13-10-12(6-7-14(13)19-4-2)11-16(15(17)18)8-5-9-20-16/h6-7,10H,3-5,8-9,11H2,1-2H3,(H,17,18). The molecule has 2 rings (SSSR count). The van der Waals surface area contributed by atoms with Crippen molar-refractivity contribution in [3.05, 3.63) is 29.3 Å². The minimum atomic E-state index is -1.04. The molecule has 1 atom stereocenters. The van der Waals surface area contributed by atoms with Crippen LogP contribution in [0, 0.1) is 0 Å². The molecule has 1 heterocycles. The first-order valence-electron chi connectivity index (χ1n) is 7.23. The molecule has 1 aliphatic rings. The van der Waals surface area contributed by atoms with Crippen LogP contribution in [0.15, 0.2) is 18.2 Å². The maximum atomic E-state index is 11.5. The molecule has 4 nitrogen and oxygen atoms in total. The van der Waals surface area contributed by atoms with Gasteiger partial charge in [0.2, 0.25) is 0 Å². The van der Waals surface area contributed by atoms with E-state index in [0.717, 1.165) is 29.7 Å². The Labute approximate surface area is 119 Å². The molecule has 0 aliphatic carbocycles. The maximum absolute atomic E-state index is 11.5. The SMILES string of the molecule is CCOc1ccc(CC2(C(=O)O)CCCO2)cc1CC. The largest absolute Gasteiger partial charge is 0.494 e. The highest BCUT2D eigenvalue weighted by atomic mass is 16.5. The monoisotopic (exact) mass is 278 g/mol. The molecule has 0 radical (unpaired) electrons. The van der Waals surface area contributed by atoms with Crippen molar-refractivity contribution in [3.63, 3.8) is 0 Å². The summed E-state index contributed by atoms with van der Waals surface area (Å²) in [5, 5.41) is 9.44. The number of aryl methyl sites for hydroxylation is 1. The molecule has 1 saturated heterocycles. The molecule has 1 fully saturated rings. The molecule has 0 saturated carbocycles. The first-order valence-corrected chi connectivity index (χ1v) is 7.23. The first kappa shape index (κ1) is 14.9. The van der Waals surface area contributed by atoms with Gasteiger partial charge in [-0.2, -0.15) is 0 Å². The number of benzene rings is 1. The van der Waals surface area contributed by atoms with Gasteiger partial charge < -0.3 is 14.6 Å². The number of hydrogen-bond acceptors (Lipinski definition) is 3. The topological polar surface area (TPSA) is 55.8 Å². The minimum Gasteiger partial charge on any atom is -0.494 e. The van der Waals surface area contributed by atoms with Crippen molar-refractivity contribution in [3.8, 4) is 5.75 Å². The summed E-state index contributed by atoms with van der Waals surface area (Å²) in [5.41, 5.74) is 1.07. The van der Waals surface area contributed by atoms with E-state index in [1.54, 1.807) is 0 Å². The van der Waals surface area contributed by atoms with Gasteiger partial charge in [-0.1, -0.05) is 19.1 Å². The molecule has 4 heteroatoms. The van der Waals surface area contributed by atoms with Gasteiger partial charge in [0.05, 0.1) is 6.61 Å². The fraction of sp³-hybridized carbons (Fsp3) is 0.562. The van der Waals surface area contributed by atoms with Crippen LogP contribution in [-0.2, 0) is 22.4 Å². The number of carboxylic acids is 1. The molecule has 1 aliphatic heterocycles. The third-order valence-corrected chi connectivity index (χ3v) is 3.79. The number of hydrogen-bond donors (Lipinski definition) is 1. The maximum Gasteiger partial charge on any atom is 0.336 e. The van der Waals surface area contributed by atoms with Crippen molar-refractivity contribution in [1.29, 1.82) is 0 Å². The molecule has 20 heavy (non-hydrogen) atoms. The van der Waals surface area contributed by atoms with E-state index in [1.165, 1.54) is 0 Å². The van der Waals surface area contributed by atoms with Crippen molar-refractivity contribution in [2.45, 2.75) is 45.1 Å². The first-order chi connectivity index (χ1) is 9.61. The van der Waals surface area contributed by atoms with Crippen LogP contribution < -0.4 is 4.74 Å². The molecular formula is C16H22O4. The van der Waals surface area contributed by atoms with E-state index < -0.39 is 11.6 Å². The Morgan fingerprint density at radius 2 is 2.25 bits per heavy atom. The summed E-state index contributed by atoms with van der Waals surface area (Å²) in [6.45, 7) is 5.19. The average molecular weight is 278 g/mol. The van der Waals surface area contributed by atoms with Crippen molar-refractivity contribution < 1.29 is 19.4 Å². The average Bonchev–Trinajstić information content (AvgIpc) is 2.90. The molecule has 110 valence electrons. The van der Waals surface area contributed by atoms with Crippen LogP contribution in [0.25, 0.3) is 0 Å². The fourth-order valence-corrected chi connectivity index (χ4v) is 2.73. The van der Waals surface area contributed by atoms with Crippen molar-refractivity contribution in [2.24, 2.45) is 0 Å². The molecule has 1 aromatic carbocycles. The van der Waals surface area contributed by atoms with E-state index in [1.807, 2.05) is 25.1 Å². The zero-order valence-electron chi connectivity index (χ0n) is 12.1. The molecule has 1 unspecified atom stereocenters. The van der Waals surface area contributed by atoms with E-state index >= 15 is 0 Å². The Bertz CT molecular complexity index is 475. The van der Waals surface area contributed by atoms with Crippen LogP contribution >= 0.6 is 0 Å². The zero-order valence-corrected chi connectivity index (χ0v) is 12.1. The van der Waals surface area contributed by atoms with E-state index in [0.29, 0.717) is 26.1 Å². The summed E-state index contributed by atoms with van der Waals surface area (Å²) in [6, 6.07) is 5.91. The molecule has 0 aromatic heterocycles. The Kier molecular flexibility index (Phi) is 4.65. The highest BCUT2D eigenvalue weighted by molar-refractivity contribution is 5.78. The van der Waals surface area contributed by atoms with Gasteiger partial charge in [0, 0.05) is 13.0 Å². The predicted octanol–water partition coefficient (Wildman–Crippen LogP) is 2.82. The highest BCUT2D eigenvalue weighted by Gasteiger charge is 2.42. The quantitative estimate of drug-likeness (QED) is 0.869. The van der Waals surface area contributed by atoms with E-state index in [4.69, 9.17) is 9.47 Å². The predicted molar refractivity (Wildman–Crippen MR) is 76.2 cm³/mol. The Balaban J connectivity index is 2.22. The van der Waals surface area contributed by atoms with Gasteiger partial charge in [0.1, 0.15) is 5.75 Å². The second-order valence-corrected chi connectivity index (χ2v) is 5.16. The summed E-state index contributed by atoms with van der Waals surface area (Å²) in [4.78, 5) is 11.5. The number of carbonyl (C=O) groups is 1. The minimum absolute atomic E-state index is 0.418. The van der Waals surface area contributed by atoms with Gasteiger partial charge in [-0.05, 0) is 43.4 Å². The van der Waals surface area contributed by atoms with Crippen LogP contribution in [0.1, 0.15) is 37.8 Å². The lowest BCUT2D eigenvalue weighted by Gasteiger charge is -2.23. The van der Waals surface area contributed by atoms with E-state index in [2.05, 4.69) is 6.92 Å². The third kappa shape index (κ3) is 2.96. The van der Waals surface area contributed by atoms with E-state index in [-0.39, 0.29) is 0 Å². The lowest BCUT2D eigenvalue weighted by molar-refractivity contribution is -0.159. The molecular weight excluding hydrogens is 256 g/mol. The van der Waals surface area contributed by atoms with Gasteiger partial charge in [0.15, 0.2) is 5.60 Å². The molecule has 1 N–H and O–H groups in total. The number of aliphatic carboxylic acids is 1. The van der Waals surface area contributed by atoms with Crippen LogP contribution in [0.3, 0.4) is 0 Å². The Hall–Kier alpha value is -1.55. The second kappa shape index (κ2) is 6.27. The molecule has 0 bridgehead atoms. The summed E-state index contributed by atoms with van der Waals surface area (Å²) in [5.74, 6) is 0.0254. The van der Waals surface area contributed by atoms with Gasteiger partial charge in [-0.25, -0.2) is 4.79 Å². The van der Waals surface area contributed by atoms with Gasteiger partial charge in [0.25, 0.3) is 0 Å². The second-order valence-electron chi connectivity index (χ2n) is 5.16. The van der Waals surface area contributed by atoms with Crippen LogP contribution in [0.5, 0.6) is 5.75 Å². The Morgan fingerprint density at radius 3 is 2.80 bits per heavy atom. The normalized spacial score (nSPS) is 21.9. The van der Waals surface area contributed by atoms with Crippen LogP contribution in [-0.4, -0.2) is 29.9 Å². The fourth-order valence-electron chi connectivity index (χ4n) is 2.73. The molecule has 0 amide bonds. The highest BCUT2D eigenvalue weighted by Crippen LogP contribution is 2.31. The molecule has 0 spiro atoms. The van der Waals surface area contributed by atoms with Crippen molar-refractivity contribution in [1.82, 2.24) is 0 Å². The lowest BCUT2D eigenvalue weighted by atomic mass is 9.90.